The van der Waals surface area contributed by atoms with Crippen LogP contribution in [0.4, 0.5) is 0 Å². The van der Waals surface area contributed by atoms with Gasteiger partial charge in [0.2, 0.25) is 0 Å². The number of carbonyl (C=O) groups is 1. The van der Waals surface area contributed by atoms with E-state index in [1.54, 1.807) is 45.0 Å². The summed E-state index contributed by atoms with van der Waals surface area (Å²) in [6.07, 6.45) is 3.22. The molecule has 2 aromatic heterocycles. The Morgan fingerprint density at radius 1 is 1.38 bits per heavy atom. The Kier molecular flexibility index (Phi) is 5.13. The van der Waals surface area contributed by atoms with E-state index >= 15 is 0 Å². The van der Waals surface area contributed by atoms with Crippen molar-refractivity contribution in [3.8, 4) is 5.75 Å². The number of pyridine rings is 1. The highest BCUT2D eigenvalue weighted by Gasteiger charge is 2.23. The van der Waals surface area contributed by atoms with Crippen LogP contribution < -0.4 is 4.74 Å². The Morgan fingerprint density at radius 3 is 2.62 bits per heavy atom. The quantitative estimate of drug-likeness (QED) is 0.621. The largest absolute Gasteiger partial charge is 0.493 e. The number of methoxy groups -OCH3 is 1. The van der Waals surface area contributed by atoms with Crippen LogP contribution >= 0.6 is 11.6 Å². The van der Waals surface area contributed by atoms with Gasteiger partial charge in [0.15, 0.2) is 16.6 Å². The van der Waals surface area contributed by atoms with Crippen LogP contribution in [0.3, 0.4) is 0 Å². The van der Waals surface area contributed by atoms with Gasteiger partial charge < -0.3 is 9.47 Å². The fourth-order valence-electron chi connectivity index (χ4n) is 2.26. The molecule has 0 aliphatic rings. The molecule has 7 nitrogen and oxygen atoms in total. The lowest BCUT2D eigenvalue weighted by Gasteiger charge is -2.18. The third kappa shape index (κ3) is 3.84. The van der Waals surface area contributed by atoms with Gasteiger partial charge in [-0.3, -0.25) is 0 Å². The lowest BCUT2D eigenvalue weighted by atomic mass is 10.0. The van der Waals surface area contributed by atoms with Gasteiger partial charge in [0.25, 0.3) is 0 Å². The van der Waals surface area contributed by atoms with Gasteiger partial charge in [0.05, 0.1) is 19.3 Å². The highest BCUT2D eigenvalue weighted by molar-refractivity contribution is 6.30. The van der Waals surface area contributed by atoms with Gasteiger partial charge in [0.1, 0.15) is 5.60 Å². The second-order valence-corrected chi connectivity index (χ2v) is 6.78. The van der Waals surface area contributed by atoms with Gasteiger partial charge in [-0.15, -0.1) is 5.10 Å². The molecule has 1 unspecified atom stereocenters. The topological polar surface area (TPSA) is 79.1 Å². The molecule has 24 heavy (non-hydrogen) atoms. The van der Waals surface area contributed by atoms with Crippen molar-refractivity contribution in [3.63, 3.8) is 0 Å². The fourth-order valence-corrected chi connectivity index (χ4v) is 2.53. The summed E-state index contributed by atoms with van der Waals surface area (Å²) in [6, 6.07) is -0.202. The molecule has 0 aromatic carbocycles. The lowest BCUT2D eigenvalue weighted by Crippen LogP contribution is -2.24. The average molecular weight is 353 g/mol. The standard InChI is InChI=1S/C16H21ClN4O3/c1-9-11(7-18-14(17)13(9)23-6)10(2)21-8-12(19-20-21)15(22)24-16(3,4)5/h7-8,10H,1-6H3. The van der Waals surface area contributed by atoms with E-state index in [1.165, 1.54) is 0 Å². The van der Waals surface area contributed by atoms with Crippen LogP contribution in [0.15, 0.2) is 12.4 Å². The maximum absolute atomic E-state index is 12.1. The second-order valence-electron chi connectivity index (χ2n) is 6.42. The number of hydrogen-bond acceptors (Lipinski definition) is 6. The molecule has 2 rings (SSSR count). The van der Waals surface area contributed by atoms with Crippen molar-refractivity contribution < 1.29 is 14.3 Å². The summed E-state index contributed by atoms with van der Waals surface area (Å²) in [5, 5.41) is 8.23. The molecule has 0 aliphatic carbocycles. The Hall–Kier alpha value is -2.15. The van der Waals surface area contributed by atoms with E-state index in [1.807, 2.05) is 13.8 Å². The number of rotatable bonds is 4. The molecule has 0 aliphatic heterocycles. The number of hydrogen-bond donors (Lipinski definition) is 0. The highest BCUT2D eigenvalue weighted by Crippen LogP contribution is 2.32. The number of aromatic nitrogens is 4. The van der Waals surface area contributed by atoms with E-state index in [4.69, 9.17) is 21.1 Å². The van der Waals surface area contributed by atoms with Gasteiger partial charge >= 0.3 is 5.97 Å². The number of halogens is 1. The van der Waals surface area contributed by atoms with Crippen molar-refractivity contribution in [2.24, 2.45) is 0 Å². The molecular formula is C16H21ClN4O3. The average Bonchev–Trinajstić information content (AvgIpc) is 2.95. The van der Waals surface area contributed by atoms with Crippen LogP contribution in [0.5, 0.6) is 5.75 Å². The van der Waals surface area contributed by atoms with Gasteiger partial charge in [-0.25, -0.2) is 14.5 Å². The van der Waals surface area contributed by atoms with E-state index in [0.717, 1.165) is 11.1 Å². The summed E-state index contributed by atoms with van der Waals surface area (Å²) in [7, 11) is 1.54. The summed E-state index contributed by atoms with van der Waals surface area (Å²) in [4.78, 5) is 16.2. The molecule has 1 atom stereocenters. The Bertz CT molecular complexity index is 752. The van der Waals surface area contributed by atoms with E-state index in [-0.39, 0.29) is 11.7 Å². The third-order valence-electron chi connectivity index (χ3n) is 3.45. The SMILES string of the molecule is COc1c(Cl)ncc(C(C)n2cc(C(=O)OC(C)(C)C)nn2)c1C. The van der Waals surface area contributed by atoms with Gasteiger partial charge in [0, 0.05) is 17.3 Å². The van der Waals surface area contributed by atoms with Crippen LogP contribution in [0, 0.1) is 6.92 Å². The molecule has 0 radical (unpaired) electrons. The van der Waals surface area contributed by atoms with Crippen LogP contribution in [-0.4, -0.2) is 38.7 Å². The predicted octanol–water partition coefficient (Wildman–Crippen LogP) is 3.21. The molecule has 0 saturated heterocycles. The van der Waals surface area contributed by atoms with E-state index in [0.29, 0.717) is 10.9 Å². The predicted molar refractivity (Wildman–Crippen MR) is 89.5 cm³/mol. The summed E-state index contributed by atoms with van der Waals surface area (Å²) in [5.41, 5.74) is 1.30. The number of carbonyl (C=O) groups excluding carboxylic acids is 1. The highest BCUT2D eigenvalue weighted by atomic mass is 35.5. The van der Waals surface area contributed by atoms with Crippen molar-refractivity contribution in [2.75, 3.05) is 7.11 Å². The molecule has 2 aromatic rings. The Morgan fingerprint density at radius 2 is 2.04 bits per heavy atom. The molecule has 0 N–H and O–H groups in total. The first kappa shape index (κ1) is 18.2. The van der Waals surface area contributed by atoms with Gasteiger partial charge in [-0.1, -0.05) is 16.8 Å². The van der Waals surface area contributed by atoms with E-state index in [9.17, 15) is 4.79 Å². The molecule has 0 spiro atoms. The zero-order valence-electron chi connectivity index (χ0n) is 14.6. The van der Waals surface area contributed by atoms with Crippen molar-refractivity contribution in [1.82, 2.24) is 20.0 Å². The molecule has 0 amide bonds. The van der Waals surface area contributed by atoms with Crippen molar-refractivity contribution >= 4 is 17.6 Å². The molecular weight excluding hydrogens is 332 g/mol. The van der Waals surface area contributed by atoms with Crippen LogP contribution in [0.25, 0.3) is 0 Å². The number of ether oxygens (including phenoxy) is 2. The van der Waals surface area contributed by atoms with Crippen molar-refractivity contribution in [3.05, 3.63) is 34.4 Å². The van der Waals surface area contributed by atoms with E-state index in [2.05, 4.69) is 15.3 Å². The summed E-state index contributed by atoms with van der Waals surface area (Å²) >= 11 is 6.03. The molecule has 0 saturated carbocycles. The normalized spacial score (nSPS) is 12.8. The van der Waals surface area contributed by atoms with Crippen LogP contribution in [0.2, 0.25) is 5.15 Å². The van der Waals surface area contributed by atoms with Crippen molar-refractivity contribution in [1.29, 1.82) is 0 Å². The summed E-state index contributed by atoms with van der Waals surface area (Å²) in [5.74, 6) is 0.0120. The minimum absolute atomic E-state index is 0.156. The monoisotopic (exact) mass is 352 g/mol. The van der Waals surface area contributed by atoms with E-state index < -0.39 is 11.6 Å². The molecule has 8 heteroatoms. The minimum Gasteiger partial charge on any atom is -0.493 e. The molecule has 130 valence electrons. The number of esters is 1. The summed E-state index contributed by atoms with van der Waals surface area (Å²) in [6.45, 7) is 9.21. The first-order valence-corrected chi connectivity index (χ1v) is 7.86. The van der Waals surface area contributed by atoms with Crippen LogP contribution in [-0.2, 0) is 4.74 Å². The van der Waals surface area contributed by atoms with Crippen LogP contribution in [0.1, 0.15) is 55.4 Å². The zero-order valence-corrected chi connectivity index (χ0v) is 15.4. The van der Waals surface area contributed by atoms with Gasteiger partial charge in [-0.05, 0) is 34.6 Å². The third-order valence-corrected chi connectivity index (χ3v) is 3.72. The first-order chi connectivity index (χ1) is 11.1. The Labute approximate surface area is 145 Å². The Balaban J connectivity index is 2.29. The van der Waals surface area contributed by atoms with Gasteiger partial charge in [-0.2, -0.15) is 0 Å². The first-order valence-electron chi connectivity index (χ1n) is 7.48. The maximum Gasteiger partial charge on any atom is 0.361 e. The lowest BCUT2D eigenvalue weighted by molar-refractivity contribution is 0.00627. The number of nitrogens with zero attached hydrogens (tertiary/aromatic N) is 4. The summed E-state index contributed by atoms with van der Waals surface area (Å²) < 4.78 is 12.2. The smallest absolute Gasteiger partial charge is 0.361 e. The molecule has 0 bridgehead atoms. The second kappa shape index (κ2) is 6.76. The minimum atomic E-state index is -0.587. The fraction of sp³-hybridized carbons (Fsp3) is 0.500. The maximum atomic E-state index is 12.1. The molecule has 0 fully saturated rings. The molecule has 2 heterocycles. The van der Waals surface area contributed by atoms with Crippen molar-refractivity contribution in [2.45, 2.75) is 46.3 Å². The zero-order chi connectivity index (χ0) is 18.1.